The Morgan fingerprint density at radius 3 is 2.84 bits per heavy atom. The van der Waals surface area contributed by atoms with Gasteiger partial charge in [-0.1, -0.05) is 12.1 Å². The maximum atomic E-state index is 12.0. The number of esters is 1. The van der Waals surface area contributed by atoms with Crippen LogP contribution in [0.3, 0.4) is 0 Å². The third-order valence-electron chi connectivity index (χ3n) is 5.83. The maximum absolute atomic E-state index is 12.0. The Morgan fingerprint density at radius 2 is 2.12 bits per heavy atom. The molecule has 3 aliphatic rings. The summed E-state index contributed by atoms with van der Waals surface area (Å²) in [6.07, 6.45) is 5.83. The number of hydrogen-bond donors (Lipinski definition) is 1. The first-order valence-corrected chi connectivity index (χ1v) is 9.38. The van der Waals surface area contributed by atoms with Gasteiger partial charge in [0, 0.05) is 30.7 Å². The molecule has 0 spiro atoms. The van der Waals surface area contributed by atoms with Gasteiger partial charge in [-0.2, -0.15) is 0 Å². The van der Waals surface area contributed by atoms with Crippen LogP contribution in [0, 0.1) is 5.92 Å². The van der Waals surface area contributed by atoms with Crippen LogP contribution in [0.1, 0.15) is 29.6 Å². The minimum atomic E-state index is -0.268. The summed E-state index contributed by atoms with van der Waals surface area (Å²) >= 11 is 0. The molecule has 5 rings (SSSR count). The van der Waals surface area contributed by atoms with E-state index in [4.69, 9.17) is 4.74 Å². The number of rotatable bonds is 6. The highest BCUT2D eigenvalue weighted by Crippen LogP contribution is 2.27. The van der Waals surface area contributed by atoms with Crippen molar-refractivity contribution in [1.29, 1.82) is 0 Å². The Hall–Kier alpha value is -1.85. The lowest BCUT2D eigenvalue weighted by Crippen LogP contribution is -2.56. The highest BCUT2D eigenvalue weighted by atomic mass is 16.5. The van der Waals surface area contributed by atoms with Crippen LogP contribution in [0.25, 0.3) is 10.9 Å². The van der Waals surface area contributed by atoms with Gasteiger partial charge in [-0.05, 0) is 56.9 Å². The van der Waals surface area contributed by atoms with E-state index < -0.39 is 0 Å². The molecule has 134 valence electrons. The molecule has 25 heavy (non-hydrogen) atoms. The van der Waals surface area contributed by atoms with Gasteiger partial charge in [-0.15, -0.1) is 0 Å². The number of aromatic nitrogens is 1. The van der Waals surface area contributed by atoms with Gasteiger partial charge in [0.05, 0.1) is 18.2 Å². The van der Waals surface area contributed by atoms with E-state index in [-0.39, 0.29) is 5.97 Å². The van der Waals surface area contributed by atoms with Crippen molar-refractivity contribution >= 4 is 16.9 Å². The standard InChI is InChI=1S/C20H27N3O2/c1-25-20(24)17-5-2-4-16-8-13-23(19(16)17)10-3-9-21-18-14-22-11-6-15(18)7-12-22/h2,4-5,8,13,15,18,21H,3,6-7,9-12,14H2,1H3/t18-/m1/s1. The number of carbonyl (C=O) groups excluding carboxylic acids is 1. The third kappa shape index (κ3) is 3.31. The first-order chi connectivity index (χ1) is 12.3. The topological polar surface area (TPSA) is 46.5 Å². The van der Waals surface area contributed by atoms with Gasteiger partial charge in [-0.25, -0.2) is 4.79 Å². The Labute approximate surface area is 148 Å². The number of methoxy groups -OCH3 is 1. The highest BCUT2D eigenvalue weighted by molar-refractivity contribution is 6.03. The molecule has 0 aliphatic carbocycles. The number of ether oxygens (including phenoxy) is 1. The number of fused-ring (bicyclic) bond motifs is 4. The molecular formula is C20H27N3O2. The number of nitrogens with zero attached hydrogens (tertiary/aromatic N) is 2. The van der Waals surface area contributed by atoms with Gasteiger partial charge < -0.3 is 19.5 Å². The van der Waals surface area contributed by atoms with E-state index in [1.54, 1.807) is 0 Å². The number of aryl methyl sites for hydroxylation is 1. The van der Waals surface area contributed by atoms with E-state index >= 15 is 0 Å². The van der Waals surface area contributed by atoms with Gasteiger partial charge in [0.1, 0.15) is 0 Å². The number of carbonyl (C=O) groups is 1. The molecule has 0 radical (unpaired) electrons. The second-order valence-electron chi connectivity index (χ2n) is 7.30. The predicted molar refractivity (Wildman–Crippen MR) is 98.8 cm³/mol. The van der Waals surface area contributed by atoms with Crippen molar-refractivity contribution < 1.29 is 9.53 Å². The van der Waals surface area contributed by atoms with Gasteiger partial charge in [-0.3, -0.25) is 0 Å². The van der Waals surface area contributed by atoms with E-state index in [9.17, 15) is 4.79 Å². The molecule has 1 N–H and O–H groups in total. The van der Waals surface area contributed by atoms with Crippen molar-refractivity contribution in [3.63, 3.8) is 0 Å². The van der Waals surface area contributed by atoms with Crippen LogP contribution in [-0.2, 0) is 11.3 Å². The summed E-state index contributed by atoms with van der Waals surface area (Å²) in [5.74, 6) is 0.597. The second kappa shape index (κ2) is 7.18. The molecule has 1 atom stereocenters. The summed E-state index contributed by atoms with van der Waals surface area (Å²) in [5.41, 5.74) is 1.63. The van der Waals surface area contributed by atoms with Crippen molar-refractivity contribution in [2.75, 3.05) is 33.3 Å². The molecule has 3 fully saturated rings. The Kier molecular flexibility index (Phi) is 4.77. The van der Waals surface area contributed by atoms with Crippen LogP contribution < -0.4 is 5.32 Å². The fraction of sp³-hybridized carbons (Fsp3) is 0.550. The molecule has 4 heterocycles. The van der Waals surface area contributed by atoms with Crippen molar-refractivity contribution in [2.24, 2.45) is 5.92 Å². The van der Waals surface area contributed by atoms with E-state index in [0.29, 0.717) is 11.6 Å². The number of piperidine rings is 3. The van der Waals surface area contributed by atoms with Crippen molar-refractivity contribution in [3.8, 4) is 0 Å². The zero-order valence-electron chi connectivity index (χ0n) is 14.9. The van der Waals surface area contributed by atoms with Crippen molar-refractivity contribution in [2.45, 2.75) is 31.8 Å². The summed E-state index contributed by atoms with van der Waals surface area (Å²) in [6.45, 7) is 5.72. The smallest absolute Gasteiger partial charge is 0.340 e. The molecule has 0 amide bonds. The zero-order valence-corrected chi connectivity index (χ0v) is 14.9. The lowest BCUT2D eigenvalue weighted by atomic mass is 9.84. The first-order valence-electron chi connectivity index (χ1n) is 9.38. The van der Waals surface area contributed by atoms with E-state index in [2.05, 4.69) is 27.0 Å². The molecule has 0 unspecified atom stereocenters. The van der Waals surface area contributed by atoms with Gasteiger partial charge in [0.25, 0.3) is 0 Å². The average molecular weight is 341 g/mol. The van der Waals surface area contributed by atoms with Crippen molar-refractivity contribution in [1.82, 2.24) is 14.8 Å². The summed E-state index contributed by atoms with van der Waals surface area (Å²) in [4.78, 5) is 14.6. The number of para-hydroxylation sites is 1. The Balaban J connectivity index is 1.37. The Bertz CT molecular complexity index is 746. The Morgan fingerprint density at radius 1 is 1.28 bits per heavy atom. The molecule has 5 heteroatoms. The third-order valence-corrected chi connectivity index (χ3v) is 5.83. The predicted octanol–water partition coefficient (Wildman–Crippen LogP) is 2.50. The molecule has 2 bridgehead atoms. The van der Waals surface area contributed by atoms with E-state index in [0.717, 1.165) is 36.3 Å². The number of hydrogen-bond acceptors (Lipinski definition) is 4. The lowest BCUT2D eigenvalue weighted by molar-refractivity contribution is 0.0602. The average Bonchev–Trinajstić information content (AvgIpc) is 3.09. The summed E-state index contributed by atoms with van der Waals surface area (Å²) in [6, 6.07) is 8.53. The molecule has 0 saturated carbocycles. The SMILES string of the molecule is COC(=O)c1cccc2ccn(CCCN[C@@H]3CN4CCC3CC4)c12. The number of nitrogens with one attached hydrogen (secondary N) is 1. The van der Waals surface area contributed by atoms with Gasteiger partial charge in [0.2, 0.25) is 0 Å². The molecule has 3 saturated heterocycles. The van der Waals surface area contributed by atoms with Crippen LogP contribution in [0.5, 0.6) is 0 Å². The van der Waals surface area contributed by atoms with Crippen molar-refractivity contribution in [3.05, 3.63) is 36.0 Å². The number of benzene rings is 1. The minimum Gasteiger partial charge on any atom is -0.465 e. The maximum Gasteiger partial charge on any atom is 0.340 e. The molecule has 5 nitrogen and oxygen atoms in total. The fourth-order valence-corrected chi connectivity index (χ4v) is 4.46. The highest BCUT2D eigenvalue weighted by Gasteiger charge is 2.33. The molecule has 3 aliphatic heterocycles. The van der Waals surface area contributed by atoms with E-state index in [1.807, 2.05) is 18.2 Å². The van der Waals surface area contributed by atoms with Gasteiger partial charge >= 0.3 is 5.97 Å². The molecule has 1 aromatic carbocycles. The van der Waals surface area contributed by atoms with Gasteiger partial charge in [0.15, 0.2) is 0 Å². The van der Waals surface area contributed by atoms with Crippen LogP contribution in [0.2, 0.25) is 0 Å². The second-order valence-corrected chi connectivity index (χ2v) is 7.30. The van der Waals surface area contributed by atoms with Crippen LogP contribution in [0.15, 0.2) is 30.5 Å². The monoisotopic (exact) mass is 341 g/mol. The summed E-state index contributed by atoms with van der Waals surface area (Å²) in [7, 11) is 1.44. The van der Waals surface area contributed by atoms with Crippen LogP contribution in [0.4, 0.5) is 0 Å². The fourth-order valence-electron chi connectivity index (χ4n) is 4.46. The molecule has 1 aromatic heterocycles. The normalized spacial score (nSPS) is 25.4. The summed E-state index contributed by atoms with van der Waals surface area (Å²) in [5, 5.41) is 4.86. The first kappa shape index (κ1) is 16.6. The van der Waals surface area contributed by atoms with Crippen LogP contribution in [-0.4, -0.2) is 54.8 Å². The van der Waals surface area contributed by atoms with Crippen LogP contribution >= 0.6 is 0 Å². The minimum absolute atomic E-state index is 0.268. The van der Waals surface area contributed by atoms with E-state index in [1.165, 1.54) is 39.6 Å². The summed E-state index contributed by atoms with van der Waals surface area (Å²) < 4.78 is 7.11. The quantitative estimate of drug-likeness (QED) is 0.648. The lowest BCUT2D eigenvalue weighted by Gasteiger charge is -2.45. The molecular weight excluding hydrogens is 314 g/mol. The largest absolute Gasteiger partial charge is 0.465 e. The molecule has 2 aromatic rings. The zero-order chi connectivity index (χ0) is 17.2.